The van der Waals surface area contributed by atoms with Crippen molar-refractivity contribution >= 4 is 5.97 Å². The molecule has 2 rings (SSSR count). The average molecular weight is 321 g/mol. The second-order valence-corrected chi connectivity index (χ2v) is 6.49. The number of aliphatic carboxylic acids is 1. The number of piperidine rings is 1. The van der Waals surface area contributed by atoms with Crippen molar-refractivity contribution in [2.75, 3.05) is 19.6 Å². The van der Waals surface area contributed by atoms with Gasteiger partial charge in [-0.25, -0.2) is 0 Å². The van der Waals surface area contributed by atoms with Crippen LogP contribution < -0.4 is 4.74 Å². The second-order valence-electron chi connectivity index (χ2n) is 6.49. The number of likely N-dealkylation sites (tertiary alicyclic amines) is 1. The van der Waals surface area contributed by atoms with Crippen LogP contribution in [0.15, 0.2) is 24.3 Å². The molecule has 0 radical (unpaired) electrons. The molecule has 1 fully saturated rings. The molecule has 1 aromatic rings. The van der Waals surface area contributed by atoms with Crippen molar-refractivity contribution in [3.05, 3.63) is 29.8 Å². The van der Waals surface area contributed by atoms with E-state index in [2.05, 4.69) is 4.90 Å². The summed E-state index contributed by atoms with van der Waals surface area (Å²) >= 11 is 0. The highest BCUT2D eigenvalue weighted by molar-refractivity contribution is 5.70. The molecule has 1 unspecified atom stereocenters. The zero-order valence-electron chi connectivity index (χ0n) is 13.9. The number of rotatable bonds is 7. The summed E-state index contributed by atoms with van der Waals surface area (Å²) < 4.78 is 5.60. The smallest absolute Gasteiger partial charge is 0.306 e. The van der Waals surface area contributed by atoms with E-state index in [1.165, 1.54) is 0 Å². The summed E-state index contributed by atoms with van der Waals surface area (Å²) in [5.74, 6) is -0.0789. The van der Waals surface area contributed by atoms with Crippen molar-refractivity contribution in [1.82, 2.24) is 4.90 Å². The fraction of sp³-hybridized carbons (Fsp3) is 0.611. The second kappa shape index (κ2) is 8.31. The molecule has 0 spiro atoms. The summed E-state index contributed by atoms with van der Waals surface area (Å²) in [4.78, 5) is 13.2. The Labute approximate surface area is 137 Å². The first kappa shape index (κ1) is 17.8. The Kier molecular flexibility index (Phi) is 6.42. The molecule has 5 heteroatoms. The Morgan fingerprint density at radius 2 is 1.87 bits per heavy atom. The number of carboxylic acids is 1. The summed E-state index contributed by atoms with van der Waals surface area (Å²) in [5, 5.41) is 19.3. The van der Waals surface area contributed by atoms with Crippen molar-refractivity contribution in [3.8, 4) is 5.75 Å². The van der Waals surface area contributed by atoms with Gasteiger partial charge in [0.05, 0.1) is 18.1 Å². The molecule has 0 bridgehead atoms. The lowest BCUT2D eigenvalue weighted by Crippen LogP contribution is -2.37. The monoisotopic (exact) mass is 321 g/mol. The third kappa shape index (κ3) is 5.52. The van der Waals surface area contributed by atoms with Gasteiger partial charge in [-0.1, -0.05) is 12.1 Å². The Bertz CT molecular complexity index is 492. The molecule has 1 heterocycles. The molecular formula is C18H27NO4. The van der Waals surface area contributed by atoms with Gasteiger partial charge in [-0.05, 0) is 63.9 Å². The van der Waals surface area contributed by atoms with E-state index >= 15 is 0 Å². The van der Waals surface area contributed by atoms with Crippen molar-refractivity contribution in [2.24, 2.45) is 5.92 Å². The Morgan fingerprint density at radius 3 is 2.39 bits per heavy atom. The molecule has 1 aliphatic heterocycles. The molecule has 23 heavy (non-hydrogen) atoms. The topological polar surface area (TPSA) is 70.0 Å². The van der Waals surface area contributed by atoms with Crippen LogP contribution in [0.25, 0.3) is 0 Å². The Morgan fingerprint density at radius 1 is 1.26 bits per heavy atom. The molecule has 1 saturated heterocycles. The number of nitrogens with zero attached hydrogens (tertiary/aromatic N) is 1. The molecule has 0 amide bonds. The van der Waals surface area contributed by atoms with Gasteiger partial charge >= 0.3 is 5.97 Å². The van der Waals surface area contributed by atoms with Crippen molar-refractivity contribution in [1.29, 1.82) is 0 Å². The fourth-order valence-electron chi connectivity index (χ4n) is 2.92. The molecule has 1 aliphatic rings. The zero-order chi connectivity index (χ0) is 16.8. The molecule has 1 aromatic carbocycles. The van der Waals surface area contributed by atoms with Gasteiger partial charge in [0, 0.05) is 6.54 Å². The summed E-state index contributed by atoms with van der Waals surface area (Å²) in [5.41, 5.74) is 0.890. The number of hydrogen-bond donors (Lipinski definition) is 2. The van der Waals surface area contributed by atoms with Gasteiger partial charge in [-0.3, -0.25) is 4.79 Å². The number of aliphatic hydroxyl groups excluding tert-OH is 1. The Hall–Kier alpha value is -1.59. The van der Waals surface area contributed by atoms with Crippen LogP contribution in [0.2, 0.25) is 0 Å². The summed E-state index contributed by atoms with van der Waals surface area (Å²) in [6, 6.07) is 7.58. The third-order valence-electron chi connectivity index (χ3n) is 4.29. The number of carboxylic acid groups (broad SMARTS) is 1. The first-order valence-corrected chi connectivity index (χ1v) is 8.35. The summed E-state index contributed by atoms with van der Waals surface area (Å²) in [6.07, 6.45) is 1.70. The highest BCUT2D eigenvalue weighted by atomic mass is 16.5. The predicted molar refractivity (Wildman–Crippen MR) is 88.6 cm³/mol. The maximum Gasteiger partial charge on any atom is 0.306 e. The molecule has 0 aliphatic carbocycles. The van der Waals surface area contributed by atoms with Crippen molar-refractivity contribution < 1.29 is 19.7 Å². The van der Waals surface area contributed by atoms with E-state index in [0.717, 1.165) is 30.9 Å². The van der Waals surface area contributed by atoms with Crippen LogP contribution in [-0.2, 0) is 4.79 Å². The first-order valence-electron chi connectivity index (χ1n) is 8.35. The van der Waals surface area contributed by atoms with E-state index in [0.29, 0.717) is 19.3 Å². The molecule has 2 N–H and O–H groups in total. The third-order valence-corrected chi connectivity index (χ3v) is 4.29. The van der Waals surface area contributed by atoms with Crippen LogP contribution in [0.3, 0.4) is 0 Å². The SMILES string of the molecule is CC(C)Oc1ccc(C(O)CCN2CCC(C(=O)O)CC2)cc1. The lowest BCUT2D eigenvalue weighted by Gasteiger charge is -2.30. The number of aliphatic hydroxyl groups is 1. The minimum Gasteiger partial charge on any atom is -0.491 e. The zero-order valence-corrected chi connectivity index (χ0v) is 13.9. The van der Waals surface area contributed by atoms with E-state index in [4.69, 9.17) is 9.84 Å². The van der Waals surface area contributed by atoms with Crippen LogP contribution in [0, 0.1) is 5.92 Å². The molecule has 0 aromatic heterocycles. The highest BCUT2D eigenvalue weighted by Crippen LogP contribution is 2.23. The number of carbonyl (C=O) groups is 1. The number of hydrogen-bond acceptors (Lipinski definition) is 4. The molecule has 5 nitrogen and oxygen atoms in total. The number of benzene rings is 1. The van der Waals surface area contributed by atoms with Crippen LogP contribution in [0.5, 0.6) is 5.75 Å². The number of ether oxygens (including phenoxy) is 1. The van der Waals surface area contributed by atoms with Gasteiger partial charge in [0.15, 0.2) is 0 Å². The van der Waals surface area contributed by atoms with Crippen molar-refractivity contribution in [2.45, 2.75) is 45.3 Å². The van der Waals surface area contributed by atoms with Crippen LogP contribution in [0.4, 0.5) is 0 Å². The van der Waals surface area contributed by atoms with Gasteiger partial charge in [0.25, 0.3) is 0 Å². The highest BCUT2D eigenvalue weighted by Gasteiger charge is 2.24. The fourth-order valence-corrected chi connectivity index (χ4v) is 2.92. The van der Waals surface area contributed by atoms with E-state index in [9.17, 15) is 9.90 Å². The predicted octanol–water partition coefficient (Wildman–Crippen LogP) is 2.69. The van der Waals surface area contributed by atoms with Crippen LogP contribution in [-0.4, -0.2) is 46.8 Å². The molecular weight excluding hydrogens is 294 g/mol. The molecule has 128 valence electrons. The Balaban J connectivity index is 1.76. The van der Waals surface area contributed by atoms with E-state index in [1.807, 2.05) is 38.1 Å². The largest absolute Gasteiger partial charge is 0.491 e. The lowest BCUT2D eigenvalue weighted by molar-refractivity contribution is -0.143. The van der Waals surface area contributed by atoms with Gasteiger partial charge in [0.2, 0.25) is 0 Å². The minimum absolute atomic E-state index is 0.138. The maximum absolute atomic E-state index is 10.9. The summed E-state index contributed by atoms with van der Waals surface area (Å²) in [7, 11) is 0. The van der Waals surface area contributed by atoms with Gasteiger partial charge in [0.1, 0.15) is 5.75 Å². The molecule has 0 saturated carbocycles. The van der Waals surface area contributed by atoms with Crippen molar-refractivity contribution in [3.63, 3.8) is 0 Å². The lowest BCUT2D eigenvalue weighted by atomic mass is 9.96. The van der Waals surface area contributed by atoms with Gasteiger partial charge in [-0.2, -0.15) is 0 Å². The van der Waals surface area contributed by atoms with E-state index < -0.39 is 12.1 Å². The van der Waals surface area contributed by atoms with Gasteiger partial charge in [-0.15, -0.1) is 0 Å². The first-order chi connectivity index (χ1) is 11.0. The normalized spacial score (nSPS) is 18.1. The minimum atomic E-state index is -0.687. The quantitative estimate of drug-likeness (QED) is 0.808. The standard InChI is InChI=1S/C18H27NO4/c1-13(2)23-16-5-3-14(4-6-16)17(20)9-12-19-10-7-15(8-11-19)18(21)22/h3-6,13,15,17,20H,7-12H2,1-2H3,(H,21,22). The van der Waals surface area contributed by atoms with E-state index in [1.54, 1.807) is 0 Å². The molecule has 1 atom stereocenters. The maximum atomic E-state index is 10.9. The van der Waals surface area contributed by atoms with Crippen LogP contribution in [0.1, 0.15) is 44.8 Å². The van der Waals surface area contributed by atoms with E-state index in [-0.39, 0.29) is 12.0 Å². The van der Waals surface area contributed by atoms with Gasteiger partial charge < -0.3 is 19.8 Å². The average Bonchev–Trinajstić information content (AvgIpc) is 2.53. The summed E-state index contributed by atoms with van der Waals surface area (Å²) in [6.45, 7) is 6.35. The van der Waals surface area contributed by atoms with Crippen LogP contribution >= 0.6 is 0 Å².